The molecule has 5 rings (SSSR count). The molecule has 2 heterocycles. The Hall–Kier alpha value is -2.01. The molecule has 1 aromatic carbocycles. The van der Waals surface area contributed by atoms with E-state index in [0.29, 0.717) is 23.2 Å². The van der Waals surface area contributed by atoms with Crippen LogP contribution < -0.4 is 10.2 Å². The Morgan fingerprint density at radius 3 is 2.76 bits per heavy atom. The Balaban J connectivity index is 1.87. The van der Waals surface area contributed by atoms with Crippen LogP contribution in [0.3, 0.4) is 0 Å². The molecule has 2 aromatic rings. The van der Waals surface area contributed by atoms with E-state index >= 15 is 0 Å². The van der Waals surface area contributed by atoms with Crippen LogP contribution in [-0.2, 0) is 6.61 Å². The average molecular weight is 342 g/mol. The molecule has 2 saturated carbocycles. The van der Waals surface area contributed by atoms with E-state index < -0.39 is 0 Å². The molecule has 5 nitrogen and oxygen atoms in total. The molecule has 0 bridgehead atoms. The second-order valence-corrected chi connectivity index (χ2v) is 8.63. The van der Waals surface area contributed by atoms with Gasteiger partial charge in [-0.25, -0.2) is 0 Å². The molecule has 3 aliphatic rings. The highest BCUT2D eigenvalue weighted by atomic mass is 16.5. The predicted molar refractivity (Wildman–Crippen MR) is 91.8 cm³/mol. The number of rotatable bonds is 1. The summed E-state index contributed by atoms with van der Waals surface area (Å²) in [7, 11) is 0. The predicted octanol–water partition coefficient (Wildman–Crippen LogP) is 3.29. The van der Waals surface area contributed by atoms with Gasteiger partial charge in [0, 0.05) is 29.5 Å². The van der Waals surface area contributed by atoms with Crippen LogP contribution in [0.2, 0.25) is 0 Å². The molecule has 0 radical (unpaired) electrons. The third kappa shape index (κ3) is 1.65. The number of aromatic hydroxyl groups is 1. The Morgan fingerprint density at radius 1 is 1.28 bits per heavy atom. The van der Waals surface area contributed by atoms with E-state index in [1.165, 1.54) is 6.07 Å². The van der Waals surface area contributed by atoms with E-state index in [-0.39, 0.29) is 45.9 Å². The number of benzene rings is 1. The number of aliphatic hydroxyl groups excluding tert-OH is 1. The van der Waals surface area contributed by atoms with Crippen LogP contribution in [0, 0.1) is 17.3 Å². The Kier molecular flexibility index (Phi) is 2.68. The first kappa shape index (κ1) is 15.3. The van der Waals surface area contributed by atoms with Crippen molar-refractivity contribution in [3.8, 4) is 11.5 Å². The van der Waals surface area contributed by atoms with Gasteiger partial charge in [0.05, 0.1) is 0 Å². The molecule has 0 amide bonds. The van der Waals surface area contributed by atoms with E-state index in [1.54, 1.807) is 6.07 Å². The number of fused-ring (bicyclic) bond motifs is 4. The van der Waals surface area contributed by atoms with Gasteiger partial charge in [0.1, 0.15) is 40.4 Å². The van der Waals surface area contributed by atoms with E-state index in [4.69, 9.17) is 9.15 Å². The molecule has 4 unspecified atom stereocenters. The van der Waals surface area contributed by atoms with Gasteiger partial charge in [-0.2, -0.15) is 0 Å². The van der Waals surface area contributed by atoms with Crippen LogP contribution in [0.4, 0.5) is 0 Å². The lowest BCUT2D eigenvalue weighted by molar-refractivity contribution is -0.119. The van der Waals surface area contributed by atoms with Crippen molar-refractivity contribution in [1.29, 1.82) is 0 Å². The minimum Gasteiger partial charge on any atom is -0.507 e. The van der Waals surface area contributed by atoms with E-state index in [0.717, 1.165) is 18.4 Å². The van der Waals surface area contributed by atoms with Gasteiger partial charge in [-0.15, -0.1) is 0 Å². The van der Waals surface area contributed by atoms with Crippen molar-refractivity contribution in [2.45, 2.75) is 51.7 Å². The first-order valence-electron chi connectivity index (χ1n) is 8.90. The largest absolute Gasteiger partial charge is 0.507 e. The van der Waals surface area contributed by atoms with Crippen LogP contribution in [0.25, 0.3) is 11.0 Å². The molecule has 0 saturated heterocycles. The maximum atomic E-state index is 12.5. The maximum Gasteiger partial charge on any atom is 0.196 e. The third-order valence-corrected chi connectivity index (χ3v) is 7.05. The minimum absolute atomic E-state index is 0.0820. The summed E-state index contributed by atoms with van der Waals surface area (Å²) in [4.78, 5) is 12.5. The van der Waals surface area contributed by atoms with Gasteiger partial charge in [0.15, 0.2) is 5.43 Å². The number of ether oxygens (including phenoxy) is 1. The van der Waals surface area contributed by atoms with Gasteiger partial charge in [0.2, 0.25) is 0 Å². The summed E-state index contributed by atoms with van der Waals surface area (Å²) in [6.07, 6.45) is 2.13. The number of phenolic OH excluding ortho intramolecular Hbond substituents is 1. The number of phenols is 1. The normalized spacial score (nSPS) is 34.2. The first-order chi connectivity index (χ1) is 11.8. The fourth-order valence-electron chi connectivity index (χ4n) is 5.95. The van der Waals surface area contributed by atoms with Gasteiger partial charge >= 0.3 is 0 Å². The molecule has 1 aromatic heterocycles. The molecule has 2 fully saturated rings. The topological polar surface area (TPSA) is 79.9 Å². The lowest BCUT2D eigenvalue weighted by atomic mass is 9.45. The van der Waals surface area contributed by atoms with Crippen molar-refractivity contribution in [3.63, 3.8) is 0 Å². The Labute approximate surface area is 145 Å². The molecule has 2 N–H and O–H groups in total. The van der Waals surface area contributed by atoms with Gasteiger partial charge in [-0.1, -0.05) is 13.8 Å². The molecule has 0 spiro atoms. The summed E-state index contributed by atoms with van der Waals surface area (Å²) in [5.41, 5.74) is 0.771. The van der Waals surface area contributed by atoms with E-state index in [2.05, 4.69) is 20.8 Å². The second-order valence-electron chi connectivity index (χ2n) is 8.63. The Bertz CT molecular complexity index is 972. The number of hydrogen-bond acceptors (Lipinski definition) is 5. The second kappa shape index (κ2) is 4.39. The molecule has 2 aliphatic carbocycles. The minimum atomic E-state index is -0.353. The zero-order valence-electron chi connectivity index (χ0n) is 14.6. The lowest BCUT2D eigenvalue weighted by Crippen LogP contribution is -2.59. The first-order valence-corrected chi connectivity index (χ1v) is 8.90. The molecule has 25 heavy (non-hydrogen) atoms. The highest BCUT2D eigenvalue weighted by Crippen LogP contribution is 2.74. The van der Waals surface area contributed by atoms with E-state index in [9.17, 15) is 15.0 Å². The van der Waals surface area contributed by atoms with Crippen LogP contribution in [-0.4, -0.2) is 15.8 Å². The molecule has 5 heteroatoms. The van der Waals surface area contributed by atoms with Crippen molar-refractivity contribution in [1.82, 2.24) is 0 Å². The number of aliphatic hydroxyl groups is 1. The van der Waals surface area contributed by atoms with Crippen molar-refractivity contribution in [2.24, 2.45) is 17.3 Å². The van der Waals surface area contributed by atoms with Crippen molar-refractivity contribution < 1.29 is 19.4 Å². The summed E-state index contributed by atoms with van der Waals surface area (Å²) in [6.45, 7) is 6.34. The highest BCUT2D eigenvalue weighted by molar-refractivity contribution is 5.89. The summed E-state index contributed by atoms with van der Waals surface area (Å²) in [5, 5.41) is 20.0. The average Bonchev–Trinajstić information content (AvgIpc) is 2.88. The highest BCUT2D eigenvalue weighted by Gasteiger charge is 2.69. The molecular formula is C20H22O5. The quantitative estimate of drug-likeness (QED) is 0.831. The summed E-state index contributed by atoms with van der Waals surface area (Å²) in [6, 6.07) is 2.81. The van der Waals surface area contributed by atoms with Crippen LogP contribution in [0.5, 0.6) is 11.5 Å². The molecular weight excluding hydrogens is 320 g/mol. The Morgan fingerprint density at radius 2 is 2.04 bits per heavy atom. The van der Waals surface area contributed by atoms with Crippen LogP contribution in [0.15, 0.2) is 21.3 Å². The van der Waals surface area contributed by atoms with Crippen LogP contribution >= 0.6 is 0 Å². The van der Waals surface area contributed by atoms with E-state index in [1.807, 2.05) is 0 Å². The van der Waals surface area contributed by atoms with Crippen molar-refractivity contribution in [3.05, 3.63) is 33.7 Å². The van der Waals surface area contributed by atoms with Gasteiger partial charge in [-0.05, 0) is 31.1 Å². The zero-order valence-corrected chi connectivity index (χ0v) is 14.6. The van der Waals surface area contributed by atoms with Crippen LogP contribution in [0.1, 0.15) is 50.9 Å². The summed E-state index contributed by atoms with van der Waals surface area (Å²) < 4.78 is 12.2. The summed E-state index contributed by atoms with van der Waals surface area (Å²) >= 11 is 0. The van der Waals surface area contributed by atoms with Crippen molar-refractivity contribution >= 4 is 11.0 Å². The zero-order chi connectivity index (χ0) is 17.7. The van der Waals surface area contributed by atoms with Gasteiger partial charge in [-0.3, -0.25) is 4.79 Å². The monoisotopic (exact) mass is 342 g/mol. The lowest BCUT2D eigenvalue weighted by Gasteiger charge is -2.62. The summed E-state index contributed by atoms with van der Waals surface area (Å²) in [5.74, 6) is 1.90. The molecule has 132 valence electrons. The smallest absolute Gasteiger partial charge is 0.196 e. The molecule has 4 atom stereocenters. The SMILES string of the molecule is CC12CCC3C1C(c1c(cc(O)c4c(=O)cc(CO)oc14)O2)C3(C)C. The maximum absolute atomic E-state index is 12.5. The standard InChI is InChI=1S/C20H22O5/c1-19(2)10-4-5-20(3)16(10)17(19)15-13(25-20)7-12(23)14-11(22)6-9(8-21)24-18(14)15/h6-7,10,16-17,21,23H,4-5,8H2,1-3H3. The van der Waals surface area contributed by atoms with Gasteiger partial charge < -0.3 is 19.4 Å². The fraction of sp³-hybridized carbons (Fsp3) is 0.550. The molecule has 1 aliphatic heterocycles. The van der Waals surface area contributed by atoms with Crippen molar-refractivity contribution in [2.75, 3.05) is 0 Å². The van der Waals surface area contributed by atoms with Gasteiger partial charge in [0.25, 0.3) is 0 Å². The fourth-order valence-corrected chi connectivity index (χ4v) is 5.95. The number of hydrogen-bond donors (Lipinski definition) is 2. The third-order valence-electron chi connectivity index (χ3n) is 7.05.